The second-order valence-electron chi connectivity index (χ2n) is 6.42. The first kappa shape index (κ1) is 18.9. The third-order valence-corrected chi connectivity index (χ3v) is 4.45. The highest BCUT2D eigenvalue weighted by molar-refractivity contribution is 5.88. The van der Waals surface area contributed by atoms with Crippen molar-refractivity contribution in [2.45, 2.75) is 51.1 Å². The molecule has 6 nitrogen and oxygen atoms in total. The lowest BCUT2D eigenvalue weighted by Gasteiger charge is -2.22. The minimum atomic E-state index is -1.09. The van der Waals surface area contributed by atoms with Crippen LogP contribution in [0.15, 0.2) is 24.3 Å². The van der Waals surface area contributed by atoms with Crippen molar-refractivity contribution >= 4 is 17.8 Å². The van der Waals surface area contributed by atoms with Gasteiger partial charge in [0.25, 0.3) is 0 Å². The van der Waals surface area contributed by atoms with Crippen molar-refractivity contribution in [2.24, 2.45) is 5.92 Å². The Morgan fingerprint density at radius 3 is 2.32 bits per heavy atom. The summed E-state index contributed by atoms with van der Waals surface area (Å²) in [5, 5.41) is 14.4. The van der Waals surface area contributed by atoms with Crippen molar-refractivity contribution in [2.75, 3.05) is 0 Å². The zero-order valence-electron chi connectivity index (χ0n) is 14.1. The summed E-state index contributed by atoms with van der Waals surface area (Å²) in [5.74, 6) is -2.19. The van der Waals surface area contributed by atoms with Crippen LogP contribution >= 0.6 is 0 Å². The summed E-state index contributed by atoms with van der Waals surface area (Å²) in [6.45, 7) is 1.56. The fourth-order valence-corrected chi connectivity index (χ4v) is 3.00. The van der Waals surface area contributed by atoms with Gasteiger partial charge in [0.1, 0.15) is 11.9 Å². The number of halogens is 1. The van der Waals surface area contributed by atoms with Gasteiger partial charge in [-0.3, -0.25) is 14.4 Å². The van der Waals surface area contributed by atoms with Crippen molar-refractivity contribution < 1.29 is 23.9 Å². The minimum Gasteiger partial charge on any atom is -0.481 e. The molecule has 2 amide bonds. The molecular weight excluding hydrogens is 327 g/mol. The number of aliphatic carboxylic acids is 1. The van der Waals surface area contributed by atoms with E-state index in [2.05, 4.69) is 10.6 Å². The molecule has 1 aliphatic rings. The zero-order valence-corrected chi connectivity index (χ0v) is 14.1. The van der Waals surface area contributed by atoms with Crippen LogP contribution in [0.1, 0.15) is 50.6 Å². The lowest BCUT2D eigenvalue weighted by molar-refractivity contribution is -0.138. The molecule has 0 aliphatic heterocycles. The molecule has 1 aromatic rings. The zero-order chi connectivity index (χ0) is 18.4. The minimum absolute atomic E-state index is 0.0536. The summed E-state index contributed by atoms with van der Waals surface area (Å²) in [7, 11) is 0. The summed E-state index contributed by atoms with van der Waals surface area (Å²) in [6.07, 6.45) is 3.36. The topological polar surface area (TPSA) is 95.5 Å². The van der Waals surface area contributed by atoms with Crippen molar-refractivity contribution in [3.05, 3.63) is 35.6 Å². The molecular formula is C18H23FN2O4. The summed E-state index contributed by atoms with van der Waals surface area (Å²) in [5.41, 5.74) is 0.492. The molecule has 1 saturated carbocycles. The first-order valence-corrected chi connectivity index (χ1v) is 8.45. The van der Waals surface area contributed by atoms with Gasteiger partial charge in [0, 0.05) is 5.92 Å². The van der Waals surface area contributed by atoms with E-state index in [0.717, 1.165) is 25.7 Å². The van der Waals surface area contributed by atoms with Gasteiger partial charge in [0.15, 0.2) is 0 Å². The van der Waals surface area contributed by atoms with Gasteiger partial charge in [0.2, 0.25) is 11.8 Å². The van der Waals surface area contributed by atoms with Crippen LogP contribution in [0.3, 0.4) is 0 Å². The number of amides is 2. The number of rotatable bonds is 7. The van der Waals surface area contributed by atoms with Gasteiger partial charge in [0.05, 0.1) is 12.5 Å². The van der Waals surface area contributed by atoms with Gasteiger partial charge < -0.3 is 15.7 Å². The van der Waals surface area contributed by atoms with Crippen LogP contribution < -0.4 is 10.6 Å². The average molecular weight is 350 g/mol. The van der Waals surface area contributed by atoms with Crippen LogP contribution in [0.4, 0.5) is 4.39 Å². The molecule has 1 aliphatic carbocycles. The monoisotopic (exact) mass is 350 g/mol. The quantitative estimate of drug-likeness (QED) is 0.702. The normalized spacial score (nSPS) is 16.9. The Kier molecular flexibility index (Phi) is 6.50. The fourth-order valence-electron chi connectivity index (χ4n) is 3.00. The molecule has 0 bridgehead atoms. The molecule has 1 aromatic carbocycles. The van der Waals surface area contributed by atoms with Gasteiger partial charge in [-0.2, -0.15) is 0 Å². The van der Waals surface area contributed by atoms with Crippen LogP contribution in [-0.4, -0.2) is 28.9 Å². The van der Waals surface area contributed by atoms with Crippen molar-refractivity contribution in [3.63, 3.8) is 0 Å². The maximum atomic E-state index is 13.0. The van der Waals surface area contributed by atoms with Crippen molar-refractivity contribution in [1.29, 1.82) is 0 Å². The van der Waals surface area contributed by atoms with E-state index in [1.165, 1.54) is 24.3 Å². The number of carboxylic acids is 1. The molecule has 0 spiro atoms. The molecule has 0 radical (unpaired) electrons. The first-order valence-electron chi connectivity index (χ1n) is 8.45. The van der Waals surface area contributed by atoms with E-state index in [1.807, 2.05) is 0 Å². The Bertz CT molecular complexity index is 626. The number of carboxylic acid groups (broad SMARTS) is 1. The third kappa shape index (κ3) is 5.55. The lowest BCUT2D eigenvalue weighted by Crippen LogP contribution is -2.47. The summed E-state index contributed by atoms with van der Waals surface area (Å²) < 4.78 is 13.0. The van der Waals surface area contributed by atoms with Crippen molar-refractivity contribution in [1.82, 2.24) is 10.6 Å². The van der Waals surface area contributed by atoms with E-state index in [9.17, 15) is 18.8 Å². The highest BCUT2D eigenvalue weighted by Crippen LogP contribution is 2.24. The first-order chi connectivity index (χ1) is 11.9. The van der Waals surface area contributed by atoms with Crippen LogP contribution in [0.25, 0.3) is 0 Å². The fraction of sp³-hybridized carbons (Fsp3) is 0.500. The van der Waals surface area contributed by atoms with E-state index in [1.54, 1.807) is 6.92 Å². The second-order valence-corrected chi connectivity index (χ2v) is 6.42. The third-order valence-electron chi connectivity index (χ3n) is 4.45. The van der Waals surface area contributed by atoms with Gasteiger partial charge in [-0.05, 0) is 37.5 Å². The number of nitrogens with one attached hydrogen (secondary N) is 2. The molecule has 1 fully saturated rings. The molecule has 2 atom stereocenters. The molecule has 2 unspecified atom stereocenters. The second kappa shape index (κ2) is 8.60. The highest BCUT2D eigenvalue weighted by atomic mass is 19.1. The van der Waals surface area contributed by atoms with Crippen LogP contribution in [0, 0.1) is 11.7 Å². The van der Waals surface area contributed by atoms with E-state index in [0.29, 0.717) is 5.56 Å². The highest BCUT2D eigenvalue weighted by Gasteiger charge is 2.27. The number of hydrogen-bond donors (Lipinski definition) is 3. The van der Waals surface area contributed by atoms with E-state index >= 15 is 0 Å². The molecule has 3 N–H and O–H groups in total. The maximum absolute atomic E-state index is 13.0. The Labute approximate surface area is 145 Å². The van der Waals surface area contributed by atoms with E-state index in [-0.39, 0.29) is 18.2 Å². The Morgan fingerprint density at radius 1 is 1.16 bits per heavy atom. The number of hydrogen-bond acceptors (Lipinski definition) is 3. The molecule has 7 heteroatoms. The van der Waals surface area contributed by atoms with Crippen molar-refractivity contribution in [3.8, 4) is 0 Å². The standard InChI is InChI=1S/C18H23FN2O4/c1-11(20-18(25)13-4-2-3-5-13)17(24)21-15(10-16(22)23)12-6-8-14(19)9-7-12/h6-9,11,13,15H,2-5,10H2,1H3,(H,20,25)(H,21,24)(H,22,23). The number of carbonyl (C=O) groups excluding carboxylic acids is 2. The van der Waals surface area contributed by atoms with Gasteiger partial charge >= 0.3 is 5.97 Å². The molecule has 2 rings (SSSR count). The number of benzene rings is 1. The number of carbonyl (C=O) groups is 3. The average Bonchev–Trinajstić information content (AvgIpc) is 3.09. The largest absolute Gasteiger partial charge is 0.481 e. The lowest BCUT2D eigenvalue weighted by atomic mass is 10.0. The predicted molar refractivity (Wildman–Crippen MR) is 89.1 cm³/mol. The molecule has 0 aromatic heterocycles. The summed E-state index contributed by atoms with van der Waals surface area (Å²) >= 11 is 0. The molecule has 136 valence electrons. The Hall–Kier alpha value is -2.44. The van der Waals surface area contributed by atoms with Gasteiger partial charge in [-0.1, -0.05) is 25.0 Å². The van der Waals surface area contributed by atoms with Crippen LogP contribution in [-0.2, 0) is 14.4 Å². The summed E-state index contributed by atoms with van der Waals surface area (Å²) in [4.78, 5) is 35.5. The maximum Gasteiger partial charge on any atom is 0.305 e. The van der Waals surface area contributed by atoms with Gasteiger partial charge in [-0.15, -0.1) is 0 Å². The molecule has 0 heterocycles. The van der Waals surface area contributed by atoms with Gasteiger partial charge in [-0.25, -0.2) is 4.39 Å². The molecule has 0 saturated heterocycles. The summed E-state index contributed by atoms with van der Waals surface area (Å²) in [6, 6.07) is 3.72. The smallest absolute Gasteiger partial charge is 0.305 e. The SMILES string of the molecule is CC(NC(=O)C1CCCC1)C(=O)NC(CC(=O)O)c1ccc(F)cc1. The van der Waals surface area contributed by atoms with Crippen LogP contribution in [0.5, 0.6) is 0 Å². The molecule has 25 heavy (non-hydrogen) atoms. The van der Waals surface area contributed by atoms with Crippen LogP contribution in [0.2, 0.25) is 0 Å². The Morgan fingerprint density at radius 2 is 1.76 bits per heavy atom. The van der Waals surface area contributed by atoms with E-state index in [4.69, 9.17) is 5.11 Å². The Balaban J connectivity index is 1.98. The van der Waals surface area contributed by atoms with E-state index < -0.39 is 29.8 Å². The predicted octanol–water partition coefficient (Wildman–Crippen LogP) is 2.15.